The van der Waals surface area contributed by atoms with E-state index in [1.165, 1.54) is 12.0 Å². The third-order valence-corrected chi connectivity index (χ3v) is 7.86. The Morgan fingerprint density at radius 1 is 0.851 bits per heavy atom. The number of methoxy groups -OCH3 is 2. The summed E-state index contributed by atoms with van der Waals surface area (Å²) < 4.78 is 17.0. The highest BCUT2D eigenvalue weighted by Gasteiger charge is 2.27. The molecule has 0 spiro atoms. The molecule has 11 heteroatoms. The van der Waals surface area contributed by atoms with E-state index in [0.717, 1.165) is 36.3 Å². The second-order valence-corrected chi connectivity index (χ2v) is 11.2. The number of amides is 2. The zero-order chi connectivity index (χ0) is 34.1. The predicted molar refractivity (Wildman–Crippen MR) is 185 cm³/mol. The standard InChI is InChI=1S/C36H44N6O5/c1-9-41(10-2)20-19-40(6)34(43)27-11-13-28(14-12-27)38-35-37-18-17-32(39-35)42(30-16-15-29(45-7)23-31(30)46-8)36(44)47-33-25(4)21-24(3)22-26(33)5/h11-18,21-23H,9-10,19-20H2,1-8H3,(H,37,38,39). The van der Waals surface area contributed by atoms with Gasteiger partial charge >= 0.3 is 6.09 Å². The summed E-state index contributed by atoms with van der Waals surface area (Å²) in [7, 11) is 4.88. The van der Waals surface area contributed by atoms with Gasteiger partial charge in [-0.15, -0.1) is 0 Å². The summed E-state index contributed by atoms with van der Waals surface area (Å²) >= 11 is 0. The van der Waals surface area contributed by atoms with Crippen molar-refractivity contribution in [3.05, 3.63) is 89.1 Å². The van der Waals surface area contributed by atoms with E-state index in [2.05, 4.69) is 34.0 Å². The van der Waals surface area contributed by atoms with Gasteiger partial charge in [0, 0.05) is 49.7 Å². The van der Waals surface area contributed by atoms with Crippen LogP contribution in [0.5, 0.6) is 17.2 Å². The van der Waals surface area contributed by atoms with Crippen LogP contribution in [0.4, 0.5) is 27.9 Å². The van der Waals surface area contributed by atoms with Crippen LogP contribution in [0, 0.1) is 20.8 Å². The monoisotopic (exact) mass is 640 g/mol. The van der Waals surface area contributed by atoms with Crippen molar-refractivity contribution in [2.24, 2.45) is 0 Å². The van der Waals surface area contributed by atoms with Gasteiger partial charge in [-0.1, -0.05) is 31.5 Å². The molecular weight excluding hydrogens is 596 g/mol. The first-order chi connectivity index (χ1) is 22.6. The quantitative estimate of drug-likeness (QED) is 0.167. The lowest BCUT2D eigenvalue weighted by Gasteiger charge is -2.24. The highest BCUT2D eigenvalue weighted by atomic mass is 16.6. The summed E-state index contributed by atoms with van der Waals surface area (Å²) in [6, 6.07) is 17.8. The van der Waals surface area contributed by atoms with Crippen LogP contribution in [0.3, 0.4) is 0 Å². The van der Waals surface area contributed by atoms with Crippen LogP contribution >= 0.6 is 0 Å². The molecule has 0 saturated carbocycles. The molecule has 0 atom stereocenters. The Morgan fingerprint density at radius 2 is 1.53 bits per heavy atom. The molecule has 0 radical (unpaired) electrons. The first-order valence-corrected chi connectivity index (χ1v) is 15.6. The molecule has 1 N–H and O–H groups in total. The smallest absolute Gasteiger partial charge is 0.425 e. The first kappa shape index (κ1) is 34.7. The zero-order valence-corrected chi connectivity index (χ0v) is 28.5. The number of nitrogens with one attached hydrogen (secondary N) is 1. The largest absolute Gasteiger partial charge is 0.497 e. The molecule has 0 saturated heterocycles. The first-order valence-electron chi connectivity index (χ1n) is 15.6. The zero-order valence-electron chi connectivity index (χ0n) is 28.5. The topological polar surface area (TPSA) is 109 Å². The minimum atomic E-state index is -0.679. The summed E-state index contributed by atoms with van der Waals surface area (Å²) in [6.45, 7) is 13.4. The molecule has 3 aromatic carbocycles. The lowest BCUT2D eigenvalue weighted by Crippen LogP contribution is -2.36. The summed E-state index contributed by atoms with van der Waals surface area (Å²) in [4.78, 5) is 41.3. The molecular formula is C36H44N6O5. The van der Waals surface area contributed by atoms with E-state index < -0.39 is 6.09 Å². The molecule has 0 aliphatic heterocycles. The van der Waals surface area contributed by atoms with E-state index in [-0.39, 0.29) is 17.7 Å². The van der Waals surface area contributed by atoms with Crippen molar-refractivity contribution < 1.29 is 23.8 Å². The Kier molecular flexibility index (Phi) is 11.7. The third-order valence-electron chi connectivity index (χ3n) is 7.86. The molecule has 248 valence electrons. The number of nitrogens with zero attached hydrogens (tertiary/aromatic N) is 5. The molecule has 0 unspecified atom stereocenters. The average Bonchev–Trinajstić information content (AvgIpc) is 3.07. The fraction of sp³-hybridized carbons (Fsp3) is 0.333. The molecule has 47 heavy (non-hydrogen) atoms. The highest BCUT2D eigenvalue weighted by Crippen LogP contribution is 2.37. The lowest BCUT2D eigenvalue weighted by molar-refractivity contribution is 0.0779. The molecule has 11 nitrogen and oxygen atoms in total. The van der Waals surface area contributed by atoms with E-state index in [9.17, 15) is 9.59 Å². The van der Waals surface area contributed by atoms with Crippen LogP contribution in [0.15, 0.2) is 66.9 Å². The van der Waals surface area contributed by atoms with Crippen LogP contribution < -0.4 is 24.4 Å². The number of likely N-dealkylation sites (N-methyl/N-ethyl adjacent to an activating group) is 2. The Hall–Kier alpha value is -5.16. The van der Waals surface area contributed by atoms with Crippen LogP contribution in [0.1, 0.15) is 40.9 Å². The molecule has 1 aromatic heterocycles. The van der Waals surface area contributed by atoms with Crippen LogP contribution in [0.25, 0.3) is 0 Å². The van der Waals surface area contributed by atoms with Gasteiger partial charge in [-0.05, 0) is 81.4 Å². The van der Waals surface area contributed by atoms with Crippen LogP contribution in [-0.4, -0.2) is 79.2 Å². The van der Waals surface area contributed by atoms with Crippen molar-refractivity contribution in [1.29, 1.82) is 0 Å². The Bertz CT molecular complexity index is 1670. The third kappa shape index (κ3) is 8.56. The number of aryl methyl sites for hydroxylation is 3. The van der Waals surface area contributed by atoms with Crippen molar-refractivity contribution in [1.82, 2.24) is 19.8 Å². The molecule has 0 aliphatic carbocycles. The summed E-state index contributed by atoms with van der Waals surface area (Å²) in [5.74, 6) is 1.86. The maximum atomic E-state index is 14.0. The van der Waals surface area contributed by atoms with Gasteiger partial charge in [0.1, 0.15) is 23.1 Å². The number of aromatic nitrogens is 2. The molecule has 4 rings (SSSR count). The number of ether oxygens (including phenoxy) is 3. The highest BCUT2D eigenvalue weighted by molar-refractivity contribution is 5.98. The van der Waals surface area contributed by atoms with E-state index in [1.807, 2.05) is 40.0 Å². The van der Waals surface area contributed by atoms with E-state index in [1.54, 1.807) is 66.7 Å². The Labute approximate surface area is 277 Å². The second kappa shape index (κ2) is 15.9. The number of hydrogen-bond donors (Lipinski definition) is 1. The van der Waals surface area contributed by atoms with E-state index in [4.69, 9.17) is 14.2 Å². The van der Waals surface area contributed by atoms with Crippen LogP contribution in [0.2, 0.25) is 0 Å². The fourth-order valence-electron chi connectivity index (χ4n) is 5.26. The van der Waals surface area contributed by atoms with Gasteiger partial charge in [-0.2, -0.15) is 4.98 Å². The molecule has 2 amide bonds. The lowest BCUT2D eigenvalue weighted by atomic mass is 10.1. The molecule has 1 heterocycles. The van der Waals surface area contributed by atoms with Gasteiger partial charge in [0.15, 0.2) is 0 Å². The molecule has 0 bridgehead atoms. The maximum absolute atomic E-state index is 14.0. The van der Waals surface area contributed by atoms with Gasteiger partial charge in [0.05, 0.1) is 19.9 Å². The van der Waals surface area contributed by atoms with Crippen LogP contribution in [-0.2, 0) is 0 Å². The summed E-state index contributed by atoms with van der Waals surface area (Å²) in [5, 5.41) is 3.18. The number of benzene rings is 3. The normalized spacial score (nSPS) is 10.8. The minimum Gasteiger partial charge on any atom is -0.497 e. The number of carbonyl (C=O) groups excluding carboxylic acids is 2. The molecule has 0 aliphatic rings. The van der Waals surface area contributed by atoms with E-state index >= 15 is 0 Å². The SMILES string of the molecule is CCN(CC)CCN(C)C(=O)c1ccc(Nc2nccc(N(C(=O)Oc3c(C)cc(C)cc3C)c3ccc(OC)cc3OC)n2)cc1. The van der Waals surface area contributed by atoms with Gasteiger partial charge in [-0.3, -0.25) is 4.79 Å². The Morgan fingerprint density at radius 3 is 2.15 bits per heavy atom. The number of anilines is 4. The average molecular weight is 641 g/mol. The number of rotatable bonds is 13. The van der Waals surface area contributed by atoms with Crippen molar-refractivity contribution in [3.8, 4) is 17.2 Å². The number of carbonyl (C=O) groups is 2. The Balaban J connectivity index is 1.61. The number of hydrogen-bond acceptors (Lipinski definition) is 9. The van der Waals surface area contributed by atoms with Crippen molar-refractivity contribution >= 4 is 35.1 Å². The van der Waals surface area contributed by atoms with Gasteiger partial charge in [0.25, 0.3) is 5.91 Å². The van der Waals surface area contributed by atoms with E-state index in [0.29, 0.717) is 40.7 Å². The molecule has 4 aromatic rings. The van der Waals surface area contributed by atoms with Crippen molar-refractivity contribution in [2.75, 3.05) is 57.7 Å². The predicted octanol–water partition coefficient (Wildman–Crippen LogP) is 6.91. The second-order valence-electron chi connectivity index (χ2n) is 11.2. The van der Waals surface area contributed by atoms with Gasteiger partial charge in [0.2, 0.25) is 5.95 Å². The van der Waals surface area contributed by atoms with Gasteiger partial charge in [-0.25, -0.2) is 14.7 Å². The summed E-state index contributed by atoms with van der Waals surface area (Å²) in [5.41, 5.74) is 4.39. The summed E-state index contributed by atoms with van der Waals surface area (Å²) in [6.07, 6.45) is 0.868. The van der Waals surface area contributed by atoms with Crippen molar-refractivity contribution in [3.63, 3.8) is 0 Å². The van der Waals surface area contributed by atoms with Gasteiger partial charge < -0.3 is 29.3 Å². The molecule has 0 fully saturated rings. The van der Waals surface area contributed by atoms with Crippen molar-refractivity contribution in [2.45, 2.75) is 34.6 Å². The maximum Gasteiger partial charge on any atom is 0.425 e. The minimum absolute atomic E-state index is 0.0522. The fourth-order valence-corrected chi connectivity index (χ4v) is 5.26.